The van der Waals surface area contributed by atoms with Gasteiger partial charge in [0.15, 0.2) is 5.82 Å². The van der Waals surface area contributed by atoms with Crippen LogP contribution in [-0.2, 0) is 13.6 Å². The van der Waals surface area contributed by atoms with Gasteiger partial charge in [-0.05, 0) is 25.1 Å². The minimum Gasteiger partial charge on any atom is -0.340 e. The maximum atomic E-state index is 5.48. The molecule has 0 aliphatic heterocycles. The summed E-state index contributed by atoms with van der Waals surface area (Å²) >= 11 is 0. The van der Waals surface area contributed by atoms with Crippen molar-refractivity contribution in [2.75, 3.05) is 0 Å². The fraction of sp³-hybridized carbons (Fsp3) is 0.231. The Kier molecular flexibility index (Phi) is 2.41. The molecule has 0 bridgehead atoms. The van der Waals surface area contributed by atoms with E-state index in [0.717, 1.165) is 11.2 Å². The lowest BCUT2D eigenvalue weighted by Crippen LogP contribution is -1.98. The molecule has 0 aliphatic rings. The van der Waals surface area contributed by atoms with Crippen molar-refractivity contribution in [3.8, 4) is 11.6 Å². The molecule has 0 saturated heterocycles. The molecule has 0 saturated carbocycles. The first-order valence-electron chi connectivity index (χ1n) is 5.78. The van der Waals surface area contributed by atoms with Gasteiger partial charge in [0.1, 0.15) is 5.69 Å². The molecular formula is C13H14N4O. The van der Waals surface area contributed by atoms with E-state index in [0.29, 0.717) is 11.7 Å². The molecule has 2 aromatic heterocycles. The molecule has 5 nitrogen and oxygen atoms in total. The predicted octanol–water partition coefficient (Wildman–Crippen LogP) is 2.00. The molecule has 0 aliphatic carbocycles. The molecule has 0 unspecified atom stereocenters. The van der Waals surface area contributed by atoms with Crippen LogP contribution >= 0.6 is 0 Å². The molecule has 5 heteroatoms. The molecule has 3 rings (SSSR count). The van der Waals surface area contributed by atoms with Gasteiger partial charge in [0.05, 0.1) is 6.54 Å². The van der Waals surface area contributed by atoms with E-state index < -0.39 is 0 Å². The Morgan fingerprint density at radius 3 is 2.89 bits per heavy atom. The molecule has 18 heavy (non-hydrogen) atoms. The fourth-order valence-electron chi connectivity index (χ4n) is 2.12. The van der Waals surface area contributed by atoms with Gasteiger partial charge in [-0.2, -0.15) is 4.98 Å². The highest BCUT2D eigenvalue weighted by atomic mass is 16.5. The third kappa shape index (κ3) is 1.60. The molecule has 0 fully saturated rings. The lowest BCUT2D eigenvalue weighted by atomic mass is 10.2. The van der Waals surface area contributed by atoms with Crippen LogP contribution in [0.25, 0.3) is 22.5 Å². The highest BCUT2D eigenvalue weighted by Crippen LogP contribution is 2.26. The van der Waals surface area contributed by atoms with Crippen LogP contribution in [0, 0.1) is 6.92 Å². The number of nitrogens with two attached hydrogens (primary N) is 1. The summed E-state index contributed by atoms with van der Waals surface area (Å²) in [5.41, 5.74) is 8.76. The maximum absolute atomic E-state index is 5.48. The van der Waals surface area contributed by atoms with Crippen LogP contribution in [-0.4, -0.2) is 14.7 Å². The summed E-state index contributed by atoms with van der Waals surface area (Å²) in [6.07, 6.45) is 0. The van der Waals surface area contributed by atoms with Gasteiger partial charge in [0.25, 0.3) is 5.89 Å². The van der Waals surface area contributed by atoms with Gasteiger partial charge in [0.2, 0.25) is 0 Å². The highest BCUT2D eigenvalue weighted by Gasteiger charge is 2.14. The largest absolute Gasteiger partial charge is 0.340 e. The first-order valence-corrected chi connectivity index (χ1v) is 5.78. The van der Waals surface area contributed by atoms with Crippen molar-refractivity contribution in [3.63, 3.8) is 0 Å². The Bertz CT molecular complexity index is 711. The molecule has 2 heterocycles. The van der Waals surface area contributed by atoms with Crippen LogP contribution in [0.15, 0.2) is 28.8 Å². The summed E-state index contributed by atoms with van der Waals surface area (Å²) in [4.78, 5) is 4.25. The van der Waals surface area contributed by atoms with E-state index in [2.05, 4.69) is 41.3 Å². The normalized spacial score (nSPS) is 11.3. The molecule has 0 spiro atoms. The number of aryl methyl sites for hydroxylation is 2. The van der Waals surface area contributed by atoms with E-state index in [9.17, 15) is 0 Å². The topological polar surface area (TPSA) is 69.9 Å². The summed E-state index contributed by atoms with van der Waals surface area (Å²) in [5, 5.41) is 4.98. The number of fused-ring (bicyclic) bond motifs is 1. The lowest BCUT2D eigenvalue weighted by Gasteiger charge is -1.99. The predicted molar refractivity (Wildman–Crippen MR) is 68.8 cm³/mol. The zero-order valence-corrected chi connectivity index (χ0v) is 10.3. The summed E-state index contributed by atoms with van der Waals surface area (Å²) in [7, 11) is 1.99. The van der Waals surface area contributed by atoms with E-state index in [1.165, 1.54) is 10.9 Å². The van der Waals surface area contributed by atoms with E-state index in [1.54, 1.807) is 0 Å². The van der Waals surface area contributed by atoms with Crippen LogP contribution in [0.1, 0.15) is 11.4 Å². The van der Waals surface area contributed by atoms with Crippen LogP contribution in [0.2, 0.25) is 0 Å². The Morgan fingerprint density at radius 1 is 1.33 bits per heavy atom. The molecule has 3 aromatic rings. The Balaban J connectivity index is 2.20. The Labute approximate surface area is 104 Å². The van der Waals surface area contributed by atoms with Crippen molar-refractivity contribution in [1.82, 2.24) is 14.7 Å². The van der Waals surface area contributed by atoms with Crippen molar-refractivity contribution in [2.45, 2.75) is 13.5 Å². The van der Waals surface area contributed by atoms with Gasteiger partial charge < -0.3 is 14.8 Å². The van der Waals surface area contributed by atoms with E-state index in [-0.39, 0.29) is 6.54 Å². The van der Waals surface area contributed by atoms with Crippen molar-refractivity contribution in [2.24, 2.45) is 12.8 Å². The van der Waals surface area contributed by atoms with Crippen molar-refractivity contribution in [3.05, 3.63) is 35.7 Å². The van der Waals surface area contributed by atoms with E-state index in [1.807, 2.05) is 11.6 Å². The number of nitrogens with zero attached hydrogens (tertiary/aromatic N) is 3. The first-order chi connectivity index (χ1) is 8.69. The number of hydrogen-bond acceptors (Lipinski definition) is 4. The molecule has 2 N–H and O–H groups in total. The summed E-state index contributed by atoms with van der Waals surface area (Å²) in [6, 6.07) is 8.37. The van der Waals surface area contributed by atoms with Crippen LogP contribution in [0.3, 0.4) is 0 Å². The van der Waals surface area contributed by atoms with Gasteiger partial charge in [-0.15, -0.1) is 0 Å². The van der Waals surface area contributed by atoms with Gasteiger partial charge in [-0.3, -0.25) is 0 Å². The van der Waals surface area contributed by atoms with Crippen molar-refractivity contribution < 1.29 is 4.52 Å². The zero-order chi connectivity index (χ0) is 12.7. The van der Waals surface area contributed by atoms with Crippen molar-refractivity contribution >= 4 is 10.9 Å². The molecule has 0 amide bonds. The third-order valence-corrected chi connectivity index (χ3v) is 3.07. The van der Waals surface area contributed by atoms with Crippen LogP contribution < -0.4 is 5.73 Å². The highest BCUT2D eigenvalue weighted by molar-refractivity contribution is 5.86. The summed E-state index contributed by atoms with van der Waals surface area (Å²) < 4.78 is 7.26. The van der Waals surface area contributed by atoms with Gasteiger partial charge in [-0.25, -0.2) is 0 Å². The average molecular weight is 242 g/mol. The second-order valence-corrected chi connectivity index (χ2v) is 4.37. The van der Waals surface area contributed by atoms with E-state index >= 15 is 0 Å². The number of hydrogen-bond donors (Lipinski definition) is 1. The molecular weight excluding hydrogens is 228 g/mol. The monoisotopic (exact) mass is 242 g/mol. The van der Waals surface area contributed by atoms with Crippen LogP contribution in [0.4, 0.5) is 0 Å². The average Bonchev–Trinajstić information content (AvgIpc) is 2.94. The number of rotatable bonds is 2. The quantitative estimate of drug-likeness (QED) is 0.746. The molecule has 0 radical (unpaired) electrons. The van der Waals surface area contributed by atoms with E-state index in [4.69, 9.17) is 10.3 Å². The SMILES string of the molecule is Cc1ccc2c(c1)cc(-c1nc(CN)no1)n2C. The zero-order valence-electron chi connectivity index (χ0n) is 10.3. The third-order valence-electron chi connectivity index (χ3n) is 3.07. The van der Waals surface area contributed by atoms with Gasteiger partial charge in [-0.1, -0.05) is 16.8 Å². The first kappa shape index (κ1) is 11.0. The maximum Gasteiger partial charge on any atom is 0.274 e. The lowest BCUT2D eigenvalue weighted by molar-refractivity contribution is 0.420. The van der Waals surface area contributed by atoms with Crippen molar-refractivity contribution in [1.29, 1.82) is 0 Å². The minimum absolute atomic E-state index is 0.284. The minimum atomic E-state index is 0.284. The van der Waals surface area contributed by atoms with Crippen LogP contribution in [0.5, 0.6) is 0 Å². The number of aromatic nitrogens is 3. The Hall–Kier alpha value is -2.14. The molecule has 92 valence electrons. The molecule has 1 aromatic carbocycles. The molecule has 0 atom stereocenters. The smallest absolute Gasteiger partial charge is 0.274 e. The van der Waals surface area contributed by atoms with Gasteiger partial charge in [0, 0.05) is 18.0 Å². The van der Waals surface area contributed by atoms with Gasteiger partial charge >= 0.3 is 0 Å². The number of benzene rings is 1. The fourth-order valence-corrected chi connectivity index (χ4v) is 2.12. The second-order valence-electron chi connectivity index (χ2n) is 4.37. The standard InChI is InChI=1S/C13H14N4O/c1-8-3-4-10-9(5-8)6-11(17(10)2)13-15-12(7-14)16-18-13/h3-6H,7,14H2,1-2H3. The Morgan fingerprint density at radius 2 is 2.17 bits per heavy atom. The second kappa shape index (κ2) is 3.96. The summed E-state index contributed by atoms with van der Waals surface area (Å²) in [5.74, 6) is 1.03. The summed E-state index contributed by atoms with van der Waals surface area (Å²) in [6.45, 7) is 2.36.